The fourth-order valence-electron chi connectivity index (χ4n) is 1.35. The molecule has 5 nitrogen and oxygen atoms in total. The summed E-state index contributed by atoms with van der Waals surface area (Å²) < 4.78 is 38.1. The van der Waals surface area contributed by atoms with Gasteiger partial charge in [-0.2, -0.15) is 18.4 Å². The van der Waals surface area contributed by atoms with Gasteiger partial charge in [-0.1, -0.05) is 0 Å². The maximum atomic E-state index is 12.7. The number of rotatable bonds is 2. The largest absolute Gasteiger partial charge is 0.417 e. The molecule has 100 valence electrons. The number of nitriles is 1. The molecule has 1 aromatic heterocycles. The van der Waals surface area contributed by atoms with Crippen LogP contribution in [0.4, 0.5) is 13.2 Å². The van der Waals surface area contributed by atoms with Crippen LogP contribution in [0, 0.1) is 11.3 Å². The van der Waals surface area contributed by atoms with Crippen LogP contribution in [0.3, 0.4) is 0 Å². The molecule has 8 heteroatoms. The summed E-state index contributed by atoms with van der Waals surface area (Å²) in [6.07, 6.45) is -3.14. The first-order chi connectivity index (χ1) is 8.79. The summed E-state index contributed by atoms with van der Waals surface area (Å²) >= 11 is 0. The SMILES string of the molecule is CC(=O)N(CC#N)C(=O)c1cnccc1C(F)(F)F. The molecule has 1 heterocycles. The van der Waals surface area contributed by atoms with Crippen molar-refractivity contribution in [1.29, 1.82) is 5.26 Å². The molecule has 0 bridgehead atoms. The van der Waals surface area contributed by atoms with Crippen molar-refractivity contribution in [3.63, 3.8) is 0 Å². The van der Waals surface area contributed by atoms with E-state index in [9.17, 15) is 22.8 Å². The van der Waals surface area contributed by atoms with E-state index in [2.05, 4.69) is 4.98 Å². The lowest BCUT2D eigenvalue weighted by Gasteiger charge is -2.18. The number of pyridine rings is 1. The monoisotopic (exact) mass is 271 g/mol. The molecular weight excluding hydrogens is 263 g/mol. The van der Waals surface area contributed by atoms with Crippen molar-refractivity contribution in [3.05, 3.63) is 29.6 Å². The summed E-state index contributed by atoms with van der Waals surface area (Å²) in [5.74, 6) is -2.02. The van der Waals surface area contributed by atoms with E-state index in [1.165, 1.54) is 0 Å². The molecule has 0 spiro atoms. The minimum atomic E-state index is -4.75. The maximum absolute atomic E-state index is 12.7. The van der Waals surface area contributed by atoms with Gasteiger partial charge in [0.05, 0.1) is 17.2 Å². The van der Waals surface area contributed by atoms with Crippen molar-refractivity contribution in [3.8, 4) is 6.07 Å². The predicted octanol–water partition coefficient (Wildman–Crippen LogP) is 1.61. The minimum Gasteiger partial charge on any atom is -0.275 e. The molecule has 0 atom stereocenters. The lowest BCUT2D eigenvalue weighted by Crippen LogP contribution is -2.36. The summed E-state index contributed by atoms with van der Waals surface area (Å²) in [5.41, 5.74) is -1.96. The van der Waals surface area contributed by atoms with Gasteiger partial charge in [0.2, 0.25) is 5.91 Å². The molecule has 0 aliphatic heterocycles. The Morgan fingerprint density at radius 1 is 1.47 bits per heavy atom. The third kappa shape index (κ3) is 3.28. The van der Waals surface area contributed by atoms with Gasteiger partial charge in [0.25, 0.3) is 5.91 Å². The van der Waals surface area contributed by atoms with Gasteiger partial charge in [0, 0.05) is 19.3 Å². The smallest absolute Gasteiger partial charge is 0.275 e. The molecule has 0 aliphatic carbocycles. The quantitative estimate of drug-likeness (QED) is 0.766. The van der Waals surface area contributed by atoms with Crippen LogP contribution >= 0.6 is 0 Å². The third-order valence-electron chi connectivity index (χ3n) is 2.21. The molecule has 1 rings (SSSR count). The molecule has 0 radical (unpaired) electrons. The van der Waals surface area contributed by atoms with Crippen LogP contribution in [-0.2, 0) is 11.0 Å². The summed E-state index contributed by atoms with van der Waals surface area (Å²) in [6.45, 7) is 0.360. The zero-order chi connectivity index (χ0) is 14.6. The molecule has 1 aromatic rings. The number of carbonyl (C=O) groups is 2. The highest BCUT2D eigenvalue weighted by Gasteiger charge is 2.36. The third-order valence-corrected chi connectivity index (χ3v) is 2.21. The lowest BCUT2D eigenvalue weighted by atomic mass is 10.1. The molecule has 0 saturated heterocycles. The first-order valence-electron chi connectivity index (χ1n) is 4.99. The van der Waals surface area contributed by atoms with Crippen LogP contribution in [0.25, 0.3) is 0 Å². The Balaban J connectivity index is 3.27. The van der Waals surface area contributed by atoms with Crippen LogP contribution in [0.1, 0.15) is 22.8 Å². The van der Waals surface area contributed by atoms with Crippen LogP contribution in [0.2, 0.25) is 0 Å². The molecule has 0 saturated carbocycles. The Morgan fingerprint density at radius 2 is 2.11 bits per heavy atom. The first-order valence-corrected chi connectivity index (χ1v) is 4.99. The summed E-state index contributed by atoms with van der Waals surface area (Å²) in [7, 11) is 0. The average Bonchev–Trinajstić information content (AvgIpc) is 2.33. The lowest BCUT2D eigenvalue weighted by molar-refractivity contribution is -0.138. The minimum absolute atomic E-state index is 0.423. The zero-order valence-electron chi connectivity index (χ0n) is 9.73. The van der Waals surface area contributed by atoms with E-state index in [0.29, 0.717) is 11.0 Å². The topological polar surface area (TPSA) is 74.1 Å². The number of aromatic nitrogens is 1. The van der Waals surface area contributed by atoms with Gasteiger partial charge in [0.1, 0.15) is 6.54 Å². The number of hydrogen-bond acceptors (Lipinski definition) is 4. The highest BCUT2D eigenvalue weighted by atomic mass is 19.4. The number of nitrogens with zero attached hydrogens (tertiary/aromatic N) is 3. The summed E-state index contributed by atoms with van der Waals surface area (Å²) in [6, 6.07) is 2.18. The Kier molecular flexibility index (Phi) is 4.22. The van der Waals surface area contributed by atoms with E-state index < -0.39 is 35.7 Å². The predicted molar refractivity (Wildman–Crippen MR) is 56.6 cm³/mol. The molecular formula is C11H8F3N3O2. The number of hydrogen-bond donors (Lipinski definition) is 0. The summed E-state index contributed by atoms with van der Waals surface area (Å²) in [5, 5.41) is 8.48. The number of carbonyl (C=O) groups excluding carboxylic acids is 2. The van der Waals surface area contributed by atoms with Crippen molar-refractivity contribution >= 4 is 11.8 Å². The van der Waals surface area contributed by atoms with E-state index in [-0.39, 0.29) is 0 Å². The Labute approximate surface area is 106 Å². The molecule has 2 amide bonds. The van der Waals surface area contributed by atoms with Gasteiger partial charge in [0.15, 0.2) is 0 Å². The number of imide groups is 1. The van der Waals surface area contributed by atoms with E-state index in [4.69, 9.17) is 5.26 Å². The molecule has 0 aromatic carbocycles. The Hall–Kier alpha value is -2.43. The molecule has 19 heavy (non-hydrogen) atoms. The normalized spacial score (nSPS) is 10.7. The second kappa shape index (κ2) is 5.48. The first kappa shape index (κ1) is 14.6. The molecule has 0 aliphatic rings. The molecule has 0 unspecified atom stereocenters. The number of alkyl halides is 3. The molecule has 0 N–H and O–H groups in total. The van der Waals surface area contributed by atoms with E-state index in [1.54, 1.807) is 6.07 Å². The van der Waals surface area contributed by atoms with E-state index in [1.807, 2.05) is 0 Å². The average molecular weight is 271 g/mol. The second-order valence-corrected chi connectivity index (χ2v) is 3.49. The fourth-order valence-corrected chi connectivity index (χ4v) is 1.35. The van der Waals surface area contributed by atoms with Gasteiger partial charge in [-0.15, -0.1) is 0 Å². The fraction of sp³-hybridized carbons (Fsp3) is 0.273. The second-order valence-electron chi connectivity index (χ2n) is 3.49. The van der Waals surface area contributed by atoms with Crippen LogP contribution in [0.5, 0.6) is 0 Å². The molecule has 0 fully saturated rings. The van der Waals surface area contributed by atoms with Crippen LogP contribution in [-0.4, -0.2) is 28.2 Å². The van der Waals surface area contributed by atoms with Gasteiger partial charge in [-0.05, 0) is 6.07 Å². The highest BCUT2D eigenvalue weighted by molar-refractivity contribution is 6.05. The number of halogens is 3. The zero-order valence-corrected chi connectivity index (χ0v) is 9.73. The van der Waals surface area contributed by atoms with Crippen molar-refractivity contribution in [2.75, 3.05) is 6.54 Å². The van der Waals surface area contributed by atoms with Crippen molar-refractivity contribution in [2.24, 2.45) is 0 Å². The van der Waals surface area contributed by atoms with Gasteiger partial charge >= 0.3 is 6.18 Å². The number of amides is 2. The van der Waals surface area contributed by atoms with E-state index in [0.717, 1.165) is 19.3 Å². The van der Waals surface area contributed by atoms with E-state index >= 15 is 0 Å². The van der Waals surface area contributed by atoms with Gasteiger partial charge in [-0.3, -0.25) is 19.5 Å². The van der Waals surface area contributed by atoms with Gasteiger partial charge in [-0.25, -0.2) is 0 Å². The van der Waals surface area contributed by atoms with Crippen molar-refractivity contribution in [2.45, 2.75) is 13.1 Å². The van der Waals surface area contributed by atoms with Crippen molar-refractivity contribution < 1.29 is 22.8 Å². The van der Waals surface area contributed by atoms with Crippen LogP contribution in [0.15, 0.2) is 18.5 Å². The van der Waals surface area contributed by atoms with Crippen molar-refractivity contribution in [1.82, 2.24) is 9.88 Å². The van der Waals surface area contributed by atoms with Crippen LogP contribution < -0.4 is 0 Å². The standard InChI is InChI=1S/C11H8F3N3O2/c1-7(18)17(5-3-15)10(19)8-6-16-4-2-9(8)11(12,13)14/h2,4,6H,5H2,1H3. The Bertz CT molecular complexity index is 549. The highest BCUT2D eigenvalue weighted by Crippen LogP contribution is 2.31. The Morgan fingerprint density at radius 3 is 2.58 bits per heavy atom. The summed E-state index contributed by atoms with van der Waals surface area (Å²) in [4.78, 5) is 26.9. The van der Waals surface area contributed by atoms with Gasteiger partial charge < -0.3 is 0 Å². The maximum Gasteiger partial charge on any atom is 0.417 e.